The van der Waals surface area contributed by atoms with Crippen LogP contribution in [0.5, 0.6) is 0 Å². The molecule has 0 bridgehead atoms. The molecule has 0 aromatic carbocycles. The first-order chi connectivity index (χ1) is 7.96. The van der Waals surface area contributed by atoms with E-state index in [9.17, 15) is 13.2 Å². The summed E-state index contributed by atoms with van der Waals surface area (Å²) in [6.45, 7) is 2.20. The van der Waals surface area contributed by atoms with E-state index in [1.165, 1.54) is 0 Å². The maximum atomic E-state index is 12.0. The number of anilines is 1. The van der Waals surface area contributed by atoms with Crippen LogP contribution in [0.3, 0.4) is 0 Å². The average Bonchev–Trinajstić information content (AvgIpc) is 2.97. The Kier molecular flexibility index (Phi) is 3.31. The molecule has 0 radical (unpaired) electrons. The first-order valence-electron chi connectivity index (χ1n) is 5.82. The lowest BCUT2D eigenvalue weighted by Gasteiger charge is -2.09. The number of hydrogen-bond acceptors (Lipinski definition) is 2. The zero-order valence-corrected chi connectivity index (χ0v) is 9.72. The van der Waals surface area contributed by atoms with Crippen LogP contribution in [0, 0.1) is 6.92 Å². The van der Waals surface area contributed by atoms with E-state index in [1.54, 1.807) is 0 Å². The molecule has 1 aliphatic carbocycles. The van der Waals surface area contributed by atoms with E-state index in [0.717, 1.165) is 18.5 Å². The van der Waals surface area contributed by atoms with Crippen LogP contribution in [0.2, 0.25) is 0 Å². The normalized spacial score (nSPS) is 16.2. The third kappa shape index (κ3) is 3.64. The van der Waals surface area contributed by atoms with Crippen molar-refractivity contribution in [1.82, 2.24) is 9.55 Å². The SMILES string of the molecule is Cc1cn(C2CC2)c(NCCCC(F)(F)F)n1. The molecule has 6 heteroatoms. The van der Waals surface area contributed by atoms with Gasteiger partial charge in [-0.25, -0.2) is 4.98 Å². The van der Waals surface area contributed by atoms with Gasteiger partial charge in [0.25, 0.3) is 0 Å². The summed E-state index contributed by atoms with van der Waals surface area (Å²) >= 11 is 0. The predicted octanol–water partition coefficient (Wildman–Crippen LogP) is 3.28. The molecule has 1 N–H and O–H groups in total. The lowest BCUT2D eigenvalue weighted by Crippen LogP contribution is -2.13. The van der Waals surface area contributed by atoms with Crippen LogP contribution < -0.4 is 5.32 Å². The van der Waals surface area contributed by atoms with E-state index < -0.39 is 12.6 Å². The molecule has 2 rings (SSSR count). The number of imidazole rings is 1. The molecular formula is C11H16F3N3. The summed E-state index contributed by atoms with van der Waals surface area (Å²) in [6, 6.07) is 0.487. The van der Waals surface area contributed by atoms with Gasteiger partial charge in [0.15, 0.2) is 0 Å². The lowest BCUT2D eigenvalue weighted by molar-refractivity contribution is -0.134. The van der Waals surface area contributed by atoms with Crippen molar-refractivity contribution in [3.8, 4) is 0 Å². The highest BCUT2D eigenvalue weighted by Gasteiger charge is 2.27. The van der Waals surface area contributed by atoms with Gasteiger partial charge in [-0.2, -0.15) is 13.2 Å². The molecule has 1 saturated carbocycles. The highest BCUT2D eigenvalue weighted by Crippen LogP contribution is 2.37. The molecule has 0 aliphatic heterocycles. The summed E-state index contributed by atoms with van der Waals surface area (Å²) in [6.07, 6.45) is -0.517. The molecular weight excluding hydrogens is 231 g/mol. The molecule has 0 atom stereocenters. The van der Waals surface area contributed by atoms with Gasteiger partial charge >= 0.3 is 6.18 Å². The highest BCUT2D eigenvalue weighted by atomic mass is 19.4. The minimum Gasteiger partial charge on any atom is -0.356 e. The first kappa shape index (κ1) is 12.3. The smallest absolute Gasteiger partial charge is 0.356 e. The highest BCUT2D eigenvalue weighted by molar-refractivity contribution is 5.30. The summed E-state index contributed by atoms with van der Waals surface area (Å²) in [5.41, 5.74) is 0.898. The van der Waals surface area contributed by atoms with Gasteiger partial charge in [0, 0.05) is 25.2 Å². The van der Waals surface area contributed by atoms with Crippen molar-refractivity contribution < 1.29 is 13.2 Å². The molecule has 0 amide bonds. The molecule has 0 unspecified atom stereocenters. The monoisotopic (exact) mass is 247 g/mol. The largest absolute Gasteiger partial charge is 0.389 e. The van der Waals surface area contributed by atoms with Gasteiger partial charge in [0.05, 0.1) is 5.69 Å². The molecule has 0 saturated heterocycles. The Labute approximate surface area is 98.0 Å². The van der Waals surface area contributed by atoms with Crippen LogP contribution in [0.25, 0.3) is 0 Å². The Morgan fingerprint density at radius 1 is 1.47 bits per heavy atom. The summed E-state index contributed by atoms with van der Waals surface area (Å²) < 4.78 is 37.9. The van der Waals surface area contributed by atoms with E-state index in [0.29, 0.717) is 18.5 Å². The van der Waals surface area contributed by atoms with E-state index >= 15 is 0 Å². The van der Waals surface area contributed by atoms with Gasteiger partial charge in [0.2, 0.25) is 5.95 Å². The van der Waals surface area contributed by atoms with Crippen molar-refractivity contribution in [3.63, 3.8) is 0 Å². The van der Waals surface area contributed by atoms with E-state index in [-0.39, 0.29) is 6.42 Å². The number of nitrogens with zero attached hydrogens (tertiary/aromatic N) is 2. The summed E-state index contributed by atoms with van der Waals surface area (Å²) in [5, 5.41) is 2.98. The predicted molar refractivity (Wildman–Crippen MR) is 59.0 cm³/mol. The lowest BCUT2D eigenvalue weighted by atomic mass is 10.3. The summed E-state index contributed by atoms with van der Waals surface area (Å²) in [5.74, 6) is 0.701. The minimum absolute atomic E-state index is 0.0834. The fourth-order valence-corrected chi connectivity index (χ4v) is 1.77. The molecule has 1 aromatic heterocycles. The van der Waals surface area contributed by atoms with Gasteiger partial charge in [-0.05, 0) is 26.2 Å². The minimum atomic E-state index is -4.07. The maximum Gasteiger partial charge on any atom is 0.389 e. The van der Waals surface area contributed by atoms with Crippen molar-refractivity contribution in [3.05, 3.63) is 11.9 Å². The van der Waals surface area contributed by atoms with Gasteiger partial charge in [-0.15, -0.1) is 0 Å². The Morgan fingerprint density at radius 2 is 2.18 bits per heavy atom. The number of hydrogen-bond donors (Lipinski definition) is 1. The molecule has 17 heavy (non-hydrogen) atoms. The van der Waals surface area contributed by atoms with E-state index in [4.69, 9.17) is 0 Å². The zero-order valence-electron chi connectivity index (χ0n) is 9.72. The van der Waals surface area contributed by atoms with Crippen LogP contribution in [-0.2, 0) is 0 Å². The topological polar surface area (TPSA) is 29.9 Å². The van der Waals surface area contributed by atoms with Crippen LogP contribution in [-0.4, -0.2) is 22.3 Å². The number of alkyl halides is 3. The number of rotatable bonds is 5. The standard InChI is InChI=1S/C11H16F3N3/c1-8-7-17(9-3-4-9)10(16-8)15-6-2-5-11(12,13)14/h7,9H,2-6H2,1H3,(H,15,16). The summed E-state index contributed by atoms with van der Waals surface area (Å²) in [4.78, 5) is 4.28. The molecule has 1 fully saturated rings. The zero-order chi connectivity index (χ0) is 12.5. The Hall–Kier alpha value is -1.20. The second-order valence-corrected chi connectivity index (χ2v) is 4.49. The Morgan fingerprint density at radius 3 is 2.76 bits per heavy atom. The Balaban J connectivity index is 1.82. The van der Waals surface area contributed by atoms with Crippen molar-refractivity contribution in [1.29, 1.82) is 0 Å². The fourth-order valence-electron chi connectivity index (χ4n) is 1.77. The van der Waals surface area contributed by atoms with Crippen molar-refractivity contribution in [2.75, 3.05) is 11.9 Å². The maximum absolute atomic E-state index is 12.0. The fraction of sp³-hybridized carbons (Fsp3) is 0.727. The number of aryl methyl sites for hydroxylation is 1. The third-order valence-electron chi connectivity index (χ3n) is 2.71. The van der Waals surface area contributed by atoms with Gasteiger partial charge in [-0.3, -0.25) is 0 Å². The second kappa shape index (κ2) is 4.58. The van der Waals surface area contributed by atoms with E-state index in [1.807, 2.05) is 17.7 Å². The van der Waals surface area contributed by atoms with Crippen molar-refractivity contribution >= 4 is 5.95 Å². The van der Waals surface area contributed by atoms with Crippen molar-refractivity contribution in [2.24, 2.45) is 0 Å². The van der Waals surface area contributed by atoms with Crippen LogP contribution in [0.15, 0.2) is 6.20 Å². The molecule has 3 nitrogen and oxygen atoms in total. The van der Waals surface area contributed by atoms with Gasteiger partial charge < -0.3 is 9.88 Å². The van der Waals surface area contributed by atoms with Gasteiger partial charge in [-0.1, -0.05) is 0 Å². The first-order valence-corrected chi connectivity index (χ1v) is 5.82. The van der Waals surface area contributed by atoms with Crippen LogP contribution in [0.4, 0.5) is 19.1 Å². The van der Waals surface area contributed by atoms with Gasteiger partial charge in [0.1, 0.15) is 0 Å². The molecule has 1 heterocycles. The molecule has 1 aromatic rings. The quantitative estimate of drug-likeness (QED) is 0.809. The van der Waals surface area contributed by atoms with E-state index in [2.05, 4.69) is 10.3 Å². The molecule has 0 spiro atoms. The van der Waals surface area contributed by atoms with Crippen LogP contribution >= 0.6 is 0 Å². The summed E-state index contributed by atoms with van der Waals surface area (Å²) in [7, 11) is 0. The number of aromatic nitrogens is 2. The number of halogens is 3. The van der Waals surface area contributed by atoms with Crippen molar-refractivity contribution in [2.45, 2.75) is 44.8 Å². The Bertz CT molecular complexity index is 380. The van der Waals surface area contributed by atoms with Crippen LogP contribution in [0.1, 0.15) is 37.4 Å². The molecule has 96 valence electrons. The second-order valence-electron chi connectivity index (χ2n) is 4.49. The molecule has 1 aliphatic rings. The average molecular weight is 247 g/mol. The number of nitrogens with one attached hydrogen (secondary N) is 1. The third-order valence-corrected chi connectivity index (χ3v) is 2.71.